The van der Waals surface area contributed by atoms with E-state index in [4.69, 9.17) is 11.5 Å². The van der Waals surface area contributed by atoms with Crippen LogP contribution in [-0.4, -0.2) is 20.8 Å². The Balaban J connectivity index is 2.17. The number of hydrogen-bond acceptors (Lipinski definition) is 4. The molecule has 94 valence electrons. The molecule has 0 spiro atoms. The van der Waals surface area contributed by atoms with Gasteiger partial charge in [0.15, 0.2) is 0 Å². The predicted molar refractivity (Wildman–Crippen MR) is 66.6 cm³/mol. The number of anilines is 1. The zero-order valence-electron chi connectivity index (χ0n) is 9.65. The van der Waals surface area contributed by atoms with E-state index >= 15 is 0 Å². The lowest BCUT2D eigenvalue weighted by molar-refractivity contribution is 0.100. The van der Waals surface area contributed by atoms with Gasteiger partial charge in [-0.15, -0.1) is 0 Å². The highest BCUT2D eigenvalue weighted by Crippen LogP contribution is 2.17. The van der Waals surface area contributed by atoms with Gasteiger partial charge in [0, 0.05) is 0 Å². The van der Waals surface area contributed by atoms with Gasteiger partial charge in [-0.25, -0.2) is 4.68 Å². The van der Waals surface area contributed by atoms with Crippen molar-refractivity contribution < 1.29 is 9.90 Å². The summed E-state index contributed by atoms with van der Waals surface area (Å²) in [5, 5.41) is 13.9. The van der Waals surface area contributed by atoms with E-state index in [0.717, 1.165) is 5.56 Å². The van der Waals surface area contributed by atoms with Gasteiger partial charge in [0.25, 0.3) is 5.91 Å². The molecule has 1 amide bonds. The van der Waals surface area contributed by atoms with Crippen LogP contribution in [0.3, 0.4) is 0 Å². The summed E-state index contributed by atoms with van der Waals surface area (Å²) >= 11 is 0. The van der Waals surface area contributed by atoms with Crippen LogP contribution in [0.4, 0.5) is 5.82 Å². The third kappa shape index (κ3) is 2.33. The Kier molecular flexibility index (Phi) is 3.29. The van der Waals surface area contributed by atoms with E-state index in [2.05, 4.69) is 5.10 Å². The summed E-state index contributed by atoms with van der Waals surface area (Å²) in [6, 6.07) is 9.14. The minimum atomic E-state index is -0.742. The van der Waals surface area contributed by atoms with E-state index in [9.17, 15) is 9.90 Å². The maximum absolute atomic E-state index is 11.0. The molecule has 0 bridgehead atoms. The molecule has 1 atom stereocenters. The number of aliphatic hydroxyl groups excluding tert-OH is 1. The number of nitrogens with zero attached hydrogens (tertiary/aromatic N) is 2. The number of benzene rings is 1. The molecule has 6 heteroatoms. The van der Waals surface area contributed by atoms with Crippen molar-refractivity contribution in [2.45, 2.75) is 12.6 Å². The summed E-state index contributed by atoms with van der Waals surface area (Å²) in [5.41, 5.74) is 11.8. The van der Waals surface area contributed by atoms with Crippen molar-refractivity contribution in [3.63, 3.8) is 0 Å². The van der Waals surface area contributed by atoms with Gasteiger partial charge in [-0.2, -0.15) is 5.10 Å². The molecule has 1 aromatic heterocycles. The molecule has 5 N–H and O–H groups in total. The third-order valence-corrected chi connectivity index (χ3v) is 2.68. The van der Waals surface area contributed by atoms with Crippen molar-refractivity contribution in [1.82, 2.24) is 9.78 Å². The average molecular weight is 246 g/mol. The molecule has 18 heavy (non-hydrogen) atoms. The van der Waals surface area contributed by atoms with Crippen LogP contribution in [0.1, 0.15) is 22.0 Å². The van der Waals surface area contributed by atoms with E-state index in [1.165, 1.54) is 10.9 Å². The van der Waals surface area contributed by atoms with E-state index in [1.54, 1.807) is 12.1 Å². The minimum Gasteiger partial charge on any atom is -0.386 e. The van der Waals surface area contributed by atoms with Gasteiger partial charge in [-0.1, -0.05) is 30.3 Å². The fourth-order valence-corrected chi connectivity index (χ4v) is 1.67. The first-order chi connectivity index (χ1) is 8.59. The van der Waals surface area contributed by atoms with Gasteiger partial charge in [0.2, 0.25) is 0 Å². The maximum Gasteiger partial charge on any atom is 0.254 e. The number of hydrogen-bond donors (Lipinski definition) is 3. The zero-order valence-corrected chi connectivity index (χ0v) is 9.65. The molecule has 0 fully saturated rings. The number of nitrogen functional groups attached to an aromatic ring is 1. The Hall–Kier alpha value is -2.34. The molecular formula is C12H14N4O2. The SMILES string of the molecule is NC(=O)c1cnn(CC(O)c2ccccc2)c1N. The lowest BCUT2D eigenvalue weighted by Gasteiger charge is -2.12. The molecule has 1 heterocycles. The van der Waals surface area contributed by atoms with Crippen LogP contribution in [0.5, 0.6) is 0 Å². The van der Waals surface area contributed by atoms with E-state index in [1.807, 2.05) is 18.2 Å². The molecule has 6 nitrogen and oxygen atoms in total. The van der Waals surface area contributed by atoms with Gasteiger partial charge in [-0.05, 0) is 5.56 Å². The largest absolute Gasteiger partial charge is 0.386 e. The van der Waals surface area contributed by atoms with Crippen molar-refractivity contribution in [2.75, 3.05) is 5.73 Å². The second-order valence-electron chi connectivity index (χ2n) is 3.92. The predicted octanol–water partition coefficient (Wildman–Crippen LogP) is 0.298. The summed E-state index contributed by atoms with van der Waals surface area (Å²) in [5.74, 6) is -0.467. The molecule has 2 rings (SSSR count). The lowest BCUT2D eigenvalue weighted by atomic mass is 10.1. The highest BCUT2D eigenvalue weighted by atomic mass is 16.3. The average Bonchev–Trinajstić information content (AvgIpc) is 2.72. The highest BCUT2D eigenvalue weighted by Gasteiger charge is 2.15. The van der Waals surface area contributed by atoms with Gasteiger partial charge in [0.05, 0.1) is 18.8 Å². The fraction of sp³-hybridized carbons (Fsp3) is 0.167. The number of nitrogens with two attached hydrogens (primary N) is 2. The normalized spacial score (nSPS) is 12.3. The van der Waals surface area contributed by atoms with Crippen LogP contribution < -0.4 is 11.5 Å². The van der Waals surface area contributed by atoms with E-state index in [0.29, 0.717) is 0 Å². The van der Waals surface area contributed by atoms with Crippen molar-refractivity contribution in [2.24, 2.45) is 5.73 Å². The molecule has 1 unspecified atom stereocenters. The first kappa shape index (κ1) is 12.1. The van der Waals surface area contributed by atoms with Gasteiger partial charge in [0.1, 0.15) is 11.4 Å². The van der Waals surface area contributed by atoms with E-state index < -0.39 is 12.0 Å². The summed E-state index contributed by atoms with van der Waals surface area (Å²) in [6.45, 7) is 0.170. The van der Waals surface area contributed by atoms with Crippen LogP contribution >= 0.6 is 0 Å². The van der Waals surface area contributed by atoms with E-state index in [-0.39, 0.29) is 17.9 Å². The number of aromatic nitrogens is 2. The third-order valence-electron chi connectivity index (χ3n) is 2.68. The molecular weight excluding hydrogens is 232 g/mol. The lowest BCUT2D eigenvalue weighted by Crippen LogP contribution is -2.16. The van der Waals surface area contributed by atoms with Crippen molar-refractivity contribution in [3.05, 3.63) is 47.7 Å². The second kappa shape index (κ2) is 4.89. The molecule has 0 saturated carbocycles. The topological polar surface area (TPSA) is 107 Å². The summed E-state index contributed by atoms with van der Waals surface area (Å²) < 4.78 is 1.36. The van der Waals surface area contributed by atoms with Crippen LogP contribution in [-0.2, 0) is 6.54 Å². The second-order valence-corrected chi connectivity index (χ2v) is 3.92. The first-order valence-corrected chi connectivity index (χ1v) is 5.43. The number of rotatable bonds is 4. The number of amides is 1. The molecule has 0 saturated heterocycles. The molecule has 2 aromatic rings. The standard InChI is InChI=1S/C12H14N4O2/c13-11-9(12(14)18)6-15-16(11)7-10(17)8-4-2-1-3-5-8/h1-6,10,17H,7,13H2,(H2,14,18). The monoisotopic (exact) mass is 246 g/mol. The van der Waals surface area contributed by atoms with Crippen molar-refractivity contribution in [3.8, 4) is 0 Å². The van der Waals surface area contributed by atoms with Gasteiger partial charge < -0.3 is 16.6 Å². The maximum atomic E-state index is 11.0. The number of aliphatic hydroxyl groups is 1. The molecule has 0 radical (unpaired) electrons. The van der Waals surface area contributed by atoms with Crippen molar-refractivity contribution in [1.29, 1.82) is 0 Å². The van der Waals surface area contributed by atoms with Gasteiger partial charge >= 0.3 is 0 Å². The number of primary amides is 1. The quantitative estimate of drug-likeness (QED) is 0.721. The van der Waals surface area contributed by atoms with Crippen LogP contribution in [0.15, 0.2) is 36.5 Å². The number of carbonyl (C=O) groups is 1. The molecule has 1 aromatic carbocycles. The first-order valence-electron chi connectivity index (χ1n) is 5.43. The highest BCUT2D eigenvalue weighted by molar-refractivity contribution is 5.96. The van der Waals surface area contributed by atoms with Crippen LogP contribution in [0, 0.1) is 0 Å². The Morgan fingerprint density at radius 2 is 2.06 bits per heavy atom. The zero-order chi connectivity index (χ0) is 13.1. The number of carbonyl (C=O) groups excluding carboxylic acids is 1. The fourth-order valence-electron chi connectivity index (χ4n) is 1.67. The summed E-state index contributed by atoms with van der Waals surface area (Å²) in [6.07, 6.45) is 0.559. The Morgan fingerprint density at radius 1 is 1.39 bits per heavy atom. The molecule has 0 aliphatic heterocycles. The van der Waals surface area contributed by atoms with Gasteiger partial charge in [-0.3, -0.25) is 4.79 Å². The molecule has 0 aliphatic carbocycles. The molecule has 0 aliphatic rings. The summed E-state index contributed by atoms with van der Waals surface area (Å²) in [7, 11) is 0. The van der Waals surface area contributed by atoms with Crippen LogP contribution in [0.25, 0.3) is 0 Å². The summed E-state index contributed by atoms with van der Waals surface area (Å²) in [4.78, 5) is 11.0. The minimum absolute atomic E-state index is 0.162. The Labute approximate surface area is 104 Å². The Bertz CT molecular complexity index is 550. The van der Waals surface area contributed by atoms with Crippen LogP contribution in [0.2, 0.25) is 0 Å². The Morgan fingerprint density at radius 3 is 2.61 bits per heavy atom. The van der Waals surface area contributed by atoms with Crippen molar-refractivity contribution >= 4 is 11.7 Å². The smallest absolute Gasteiger partial charge is 0.254 e.